The zero-order chi connectivity index (χ0) is 19.6. The third-order valence-corrected chi connectivity index (χ3v) is 4.71. The first-order valence-corrected chi connectivity index (χ1v) is 8.84. The third kappa shape index (κ3) is 3.61. The number of aromatic nitrogens is 3. The fourth-order valence-electron chi connectivity index (χ4n) is 3.15. The molecule has 0 bridgehead atoms. The van der Waals surface area contributed by atoms with E-state index in [0.717, 1.165) is 44.4 Å². The number of fused-ring (bicyclic) bond motifs is 1. The van der Waals surface area contributed by atoms with E-state index in [0.29, 0.717) is 6.61 Å². The minimum Gasteiger partial charge on any atom is -0.463 e. The third-order valence-electron chi connectivity index (χ3n) is 4.71. The number of hydrogen-bond acceptors (Lipinski definition) is 5. The minimum atomic E-state index is -0.405. The lowest BCUT2D eigenvalue weighted by molar-refractivity contribution is -0.137. The summed E-state index contributed by atoms with van der Waals surface area (Å²) in [5.74, 6) is -0.405. The zero-order valence-electron chi connectivity index (χ0n) is 16.0. The Morgan fingerprint density at radius 1 is 1.26 bits per heavy atom. The van der Waals surface area contributed by atoms with Crippen LogP contribution in [-0.2, 0) is 23.2 Å². The lowest BCUT2D eigenvalue weighted by Crippen LogP contribution is -2.03. The van der Waals surface area contributed by atoms with Gasteiger partial charge in [0, 0.05) is 13.1 Å². The van der Waals surface area contributed by atoms with Crippen LogP contribution in [0.25, 0.3) is 16.6 Å². The van der Waals surface area contributed by atoms with Crippen LogP contribution in [0.3, 0.4) is 0 Å². The van der Waals surface area contributed by atoms with Crippen molar-refractivity contribution in [2.45, 2.75) is 27.4 Å². The number of esters is 1. The van der Waals surface area contributed by atoms with Crippen molar-refractivity contribution in [3.63, 3.8) is 0 Å². The van der Waals surface area contributed by atoms with E-state index < -0.39 is 5.97 Å². The van der Waals surface area contributed by atoms with Gasteiger partial charge in [-0.3, -0.25) is 0 Å². The first kappa shape index (κ1) is 18.8. The molecule has 140 valence electrons. The predicted molar refractivity (Wildman–Crippen MR) is 104 cm³/mol. The first-order valence-electron chi connectivity index (χ1n) is 8.84. The number of ether oxygens (including phenoxy) is 1. The second-order valence-corrected chi connectivity index (χ2v) is 6.43. The van der Waals surface area contributed by atoms with E-state index in [-0.39, 0.29) is 6.61 Å². The van der Waals surface area contributed by atoms with E-state index in [9.17, 15) is 9.90 Å². The Kier molecular flexibility index (Phi) is 5.37. The Hall–Kier alpha value is -2.99. The number of carbonyl (C=O) groups excluding carboxylic acids is 1. The number of rotatable bonds is 5. The highest BCUT2D eigenvalue weighted by Gasteiger charge is 2.16. The maximum Gasteiger partial charge on any atom is 0.331 e. The van der Waals surface area contributed by atoms with Gasteiger partial charge in [0.1, 0.15) is 5.52 Å². The Morgan fingerprint density at radius 2 is 2.04 bits per heavy atom. The van der Waals surface area contributed by atoms with Crippen LogP contribution in [0.5, 0.6) is 0 Å². The molecule has 27 heavy (non-hydrogen) atoms. The van der Waals surface area contributed by atoms with Crippen molar-refractivity contribution in [1.82, 2.24) is 15.0 Å². The monoisotopic (exact) mass is 365 g/mol. The summed E-state index contributed by atoms with van der Waals surface area (Å²) in [6, 6.07) is 9.69. The second-order valence-electron chi connectivity index (χ2n) is 6.43. The molecule has 1 N–H and O–H groups in total. The molecular weight excluding hydrogens is 342 g/mol. The van der Waals surface area contributed by atoms with Crippen LogP contribution >= 0.6 is 0 Å². The molecule has 6 heteroatoms. The van der Waals surface area contributed by atoms with Crippen molar-refractivity contribution in [2.75, 3.05) is 6.61 Å². The van der Waals surface area contributed by atoms with Crippen LogP contribution in [-0.4, -0.2) is 32.7 Å². The quantitative estimate of drug-likeness (QED) is 0.555. The smallest absolute Gasteiger partial charge is 0.331 e. The standard InChI is InChI=1S/C21H23N3O3/c1-5-27-20(26)11-18(15-7-6-13(2)16(10-15)12-25)17-8-9-19-21(14(17)3)22-23-24(19)4/h6-11,25H,5,12H2,1-4H3. The summed E-state index contributed by atoms with van der Waals surface area (Å²) in [5, 5.41) is 18.0. The van der Waals surface area contributed by atoms with Crippen molar-refractivity contribution >= 4 is 22.6 Å². The summed E-state index contributed by atoms with van der Waals surface area (Å²) in [5.41, 5.74) is 6.91. The SMILES string of the molecule is CCOC(=O)C=C(c1ccc(C)c(CO)c1)c1ccc2c(nnn2C)c1C. The molecule has 0 saturated heterocycles. The molecule has 0 amide bonds. The van der Waals surface area contributed by atoms with Crippen LogP contribution in [0.4, 0.5) is 0 Å². The van der Waals surface area contributed by atoms with Gasteiger partial charge < -0.3 is 9.84 Å². The molecule has 0 saturated carbocycles. The van der Waals surface area contributed by atoms with Crippen LogP contribution in [0.15, 0.2) is 36.4 Å². The summed E-state index contributed by atoms with van der Waals surface area (Å²) in [4.78, 5) is 12.2. The van der Waals surface area contributed by atoms with Crippen molar-refractivity contribution in [2.24, 2.45) is 7.05 Å². The Balaban J connectivity index is 2.22. The summed E-state index contributed by atoms with van der Waals surface area (Å²) in [6.07, 6.45) is 1.50. The molecule has 6 nitrogen and oxygen atoms in total. The van der Waals surface area contributed by atoms with Gasteiger partial charge in [-0.2, -0.15) is 0 Å². The molecule has 3 rings (SSSR count). The fourth-order valence-corrected chi connectivity index (χ4v) is 3.15. The molecule has 0 fully saturated rings. The maximum absolute atomic E-state index is 12.2. The molecule has 2 aromatic carbocycles. The van der Waals surface area contributed by atoms with E-state index in [2.05, 4.69) is 10.3 Å². The topological polar surface area (TPSA) is 77.2 Å². The Labute approximate surface area is 158 Å². The number of aliphatic hydroxyl groups excluding tert-OH is 1. The molecule has 0 unspecified atom stereocenters. The molecule has 3 aromatic rings. The van der Waals surface area contributed by atoms with Gasteiger partial charge in [0.2, 0.25) is 0 Å². The van der Waals surface area contributed by atoms with E-state index in [1.807, 2.05) is 51.2 Å². The largest absolute Gasteiger partial charge is 0.463 e. The Morgan fingerprint density at radius 3 is 2.74 bits per heavy atom. The lowest BCUT2D eigenvalue weighted by atomic mass is 9.91. The molecule has 0 atom stereocenters. The summed E-state index contributed by atoms with van der Waals surface area (Å²) in [6.45, 7) is 5.93. The highest BCUT2D eigenvalue weighted by atomic mass is 16.5. The second kappa shape index (κ2) is 7.72. The van der Waals surface area contributed by atoms with Crippen molar-refractivity contribution in [3.8, 4) is 0 Å². The van der Waals surface area contributed by atoms with Gasteiger partial charge in [-0.1, -0.05) is 23.4 Å². The average Bonchev–Trinajstić information content (AvgIpc) is 3.03. The molecule has 0 aliphatic carbocycles. The molecule has 0 spiro atoms. The van der Waals surface area contributed by atoms with Crippen molar-refractivity contribution < 1.29 is 14.6 Å². The number of hydrogen-bond donors (Lipinski definition) is 1. The van der Waals surface area contributed by atoms with Gasteiger partial charge in [0.25, 0.3) is 0 Å². The van der Waals surface area contributed by atoms with Gasteiger partial charge in [-0.25, -0.2) is 9.48 Å². The molecule has 1 heterocycles. The Bertz CT molecular complexity index is 1030. The van der Waals surface area contributed by atoms with Crippen LogP contribution in [0.2, 0.25) is 0 Å². The number of benzene rings is 2. The van der Waals surface area contributed by atoms with Crippen LogP contribution in [0.1, 0.15) is 34.7 Å². The average molecular weight is 365 g/mol. The van der Waals surface area contributed by atoms with Crippen LogP contribution < -0.4 is 0 Å². The van der Waals surface area contributed by atoms with E-state index in [1.165, 1.54) is 6.08 Å². The predicted octanol–water partition coefficient (Wildman–Crippen LogP) is 3.07. The molecule has 0 radical (unpaired) electrons. The van der Waals surface area contributed by atoms with Crippen molar-refractivity contribution in [1.29, 1.82) is 0 Å². The van der Waals surface area contributed by atoms with Crippen molar-refractivity contribution in [3.05, 3.63) is 64.2 Å². The minimum absolute atomic E-state index is 0.0610. The summed E-state index contributed by atoms with van der Waals surface area (Å²) >= 11 is 0. The molecule has 0 aliphatic heterocycles. The number of aryl methyl sites for hydroxylation is 3. The fraction of sp³-hybridized carbons (Fsp3) is 0.286. The van der Waals surface area contributed by atoms with E-state index in [4.69, 9.17) is 4.74 Å². The number of nitrogens with zero attached hydrogens (tertiary/aromatic N) is 3. The van der Waals surface area contributed by atoms with Gasteiger partial charge >= 0.3 is 5.97 Å². The van der Waals surface area contributed by atoms with Crippen LogP contribution in [0, 0.1) is 13.8 Å². The van der Waals surface area contributed by atoms with E-state index >= 15 is 0 Å². The highest BCUT2D eigenvalue weighted by molar-refractivity contribution is 5.98. The normalized spacial score (nSPS) is 11.8. The van der Waals surface area contributed by atoms with Gasteiger partial charge in [-0.05, 0) is 66.3 Å². The highest BCUT2D eigenvalue weighted by Crippen LogP contribution is 2.31. The van der Waals surface area contributed by atoms with Gasteiger partial charge in [0.05, 0.1) is 18.7 Å². The van der Waals surface area contributed by atoms with Gasteiger partial charge in [0.15, 0.2) is 0 Å². The summed E-state index contributed by atoms with van der Waals surface area (Å²) in [7, 11) is 1.84. The number of aliphatic hydroxyl groups is 1. The van der Waals surface area contributed by atoms with E-state index in [1.54, 1.807) is 11.6 Å². The molecular formula is C21H23N3O3. The molecule has 1 aromatic heterocycles. The van der Waals surface area contributed by atoms with Gasteiger partial charge in [-0.15, -0.1) is 5.10 Å². The summed E-state index contributed by atoms with van der Waals surface area (Å²) < 4.78 is 6.85. The number of carbonyl (C=O) groups is 1. The first-order chi connectivity index (χ1) is 13.0. The zero-order valence-corrected chi connectivity index (χ0v) is 16.0. The lowest BCUT2D eigenvalue weighted by Gasteiger charge is -2.14. The molecule has 0 aliphatic rings. The maximum atomic E-state index is 12.2.